The van der Waals surface area contributed by atoms with E-state index in [-0.39, 0.29) is 42.5 Å². The molecule has 150 valence electrons. The highest BCUT2D eigenvalue weighted by atomic mass is 19.1. The van der Waals surface area contributed by atoms with Crippen LogP contribution in [0, 0.1) is 11.6 Å². The molecule has 0 spiro atoms. The average molecular weight is 388 g/mol. The van der Waals surface area contributed by atoms with Crippen LogP contribution < -0.4 is 16.8 Å². The molecule has 1 amide bonds. The Morgan fingerprint density at radius 2 is 1.82 bits per heavy atom. The fourth-order valence-corrected chi connectivity index (χ4v) is 3.64. The zero-order valence-electron chi connectivity index (χ0n) is 15.7. The van der Waals surface area contributed by atoms with Crippen molar-refractivity contribution in [3.63, 3.8) is 0 Å². The zero-order valence-corrected chi connectivity index (χ0v) is 15.7. The molecular formula is C21H26F2N4O. The predicted molar refractivity (Wildman–Crippen MR) is 106 cm³/mol. The van der Waals surface area contributed by atoms with E-state index in [2.05, 4.69) is 5.32 Å². The van der Waals surface area contributed by atoms with E-state index in [1.165, 1.54) is 12.1 Å². The van der Waals surface area contributed by atoms with Crippen molar-refractivity contribution in [3.8, 4) is 0 Å². The number of hydrogen-bond acceptors (Lipinski definition) is 4. The molecule has 0 radical (unpaired) electrons. The summed E-state index contributed by atoms with van der Waals surface area (Å²) >= 11 is 0. The topological polar surface area (TPSA) is 84.4 Å². The molecule has 28 heavy (non-hydrogen) atoms. The van der Waals surface area contributed by atoms with E-state index < -0.39 is 6.04 Å². The van der Waals surface area contributed by atoms with Gasteiger partial charge in [-0.1, -0.05) is 30.3 Å². The highest BCUT2D eigenvalue weighted by molar-refractivity contribution is 5.77. The number of likely N-dealkylation sites (tertiary alicyclic amines) is 1. The highest BCUT2D eigenvalue weighted by Gasteiger charge is 2.33. The first kappa shape index (κ1) is 20.2. The first-order chi connectivity index (χ1) is 13.4. The van der Waals surface area contributed by atoms with Crippen LogP contribution >= 0.6 is 0 Å². The van der Waals surface area contributed by atoms with Gasteiger partial charge in [0.25, 0.3) is 0 Å². The van der Waals surface area contributed by atoms with Crippen molar-refractivity contribution in [2.75, 3.05) is 18.4 Å². The summed E-state index contributed by atoms with van der Waals surface area (Å²) < 4.78 is 27.6. The maximum Gasteiger partial charge on any atom is 0.224 e. The molecule has 0 aliphatic carbocycles. The number of nitrogens with two attached hydrogens (primary N) is 2. The monoisotopic (exact) mass is 388 g/mol. The third-order valence-electron chi connectivity index (χ3n) is 5.05. The summed E-state index contributed by atoms with van der Waals surface area (Å²) in [5.74, 6) is -0.771. The minimum atomic E-state index is -0.485. The summed E-state index contributed by atoms with van der Waals surface area (Å²) in [6.07, 6.45) is 1.03. The Morgan fingerprint density at radius 3 is 2.54 bits per heavy atom. The molecular weight excluding hydrogens is 362 g/mol. The van der Waals surface area contributed by atoms with Crippen LogP contribution in [0.2, 0.25) is 0 Å². The molecule has 5 nitrogen and oxygen atoms in total. The van der Waals surface area contributed by atoms with Gasteiger partial charge in [0.1, 0.15) is 11.6 Å². The molecule has 1 heterocycles. The number of halogens is 2. The fourth-order valence-electron chi connectivity index (χ4n) is 3.64. The van der Waals surface area contributed by atoms with E-state index in [9.17, 15) is 13.6 Å². The van der Waals surface area contributed by atoms with E-state index in [0.29, 0.717) is 30.8 Å². The smallest absolute Gasteiger partial charge is 0.224 e. The predicted octanol–water partition coefficient (Wildman–Crippen LogP) is 2.26. The molecule has 3 atom stereocenters. The van der Waals surface area contributed by atoms with E-state index >= 15 is 0 Å². The van der Waals surface area contributed by atoms with Crippen LogP contribution in [0.5, 0.6) is 0 Å². The van der Waals surface area contributed by atoms with Crippen molar-refractivity contribution >= 4 is 11.6 Å². The number of anilines is 1. The average Bonchev–Trinajstić information content (AvgIpc) is 3.04. The van der Waals surface area contributed by atoms with Crippen LogP contribution in [-0.2, 0) is 11.2 Å². The second kappa shape index (κ2) is 9.12. The van der Waals surface area contributed by atoms with Crippen molar-refractivity contribution < 1.29 is 13.6 Å². The largest absolute Gasteiger partial charge is 0.381 e. The maximum absolute atomic E-state index is 13.8. The highest BCUT2D eigenvalue weighted by Crippen LogP contribution is 2.21. The van der Waals surface area contributed by atoms with Gasteiger partial charge in [-0.2, -0.15) is 0 Å². The van der Waals surface area contributed by atoms with Crippen LogP contribution in [0.25, 0.3) is 0 Å². The van der Waals surface area contributed by atoms with E-state index in [1.807, 2.05) is 0 Å². The summed E-state index contributed by atoms with van der Waals surface area (Å²) in [6.45, 7) is 0.845. The van der Waals surface area contributed by atoms with Crippen LogP contribution in [0.4, 0.5) is 14.5 Å². The van der Waals surface area contributed by atoms with Gasteiger partial charge in [-0.25, -0.2) is 8.78 Å². The molecule has 0 aromatic heterocycles. The number of hydrogen-bond donors (Lipinski definition) is 3. The van der Waals surface area contributed by atoms with E-state index in [1.54, 1.807) is 41.3 Å². The fraction of sp³-hybridized carbons (Fsp3) is 0.381. The number of nitrogens with zero attached hydrogens (tertiary/aromatic N) is 1. The Balaban J connectivity index is 1.58. The summed E-state index contributed by atoms with van der Waals surface area (Å²) in [6, 6.07) is 12.1. The summed E-state index contributed by atoms with van der Waals surface area (Å²) in [5, 5.41) is 3.06. The second-order valence-electron chi connectivity index (χ2n) is 7.32. The molecule has 2 aromatic carbocycles. The lowest BCUT2D eigenvalue weighted by atomic mass is 10.0. The summed E-state index contributed by atoms with van der Waals surface area (Å²) in [7, 11) is 0. The number of carbonyl (C=O) groups excluding carboxylic acids is 1. The Hall–Kier alpha value is -2.51. The lowest BCUT2D eigenvalue weighted by molar-refractivity contribution is -0.132. The van der Waals surface area contributed by atoms with Crippen molar-refractivity contribution in [1.29, 1.82) is 0 Å². The first-order valence-corrected chi connectivity index (χ1v) is 9.46. The number of amides is 1. The Labute approximate surface area is 163 Å². The quantitative estimate of drug-likeness (QED) is 0.679. The maximum atomic E-state index is 13.8. The molecule has 1 aliphatic rings. The lowest BCUT2D eigenvalue weighted by Crippen LogP contribution is -2.42. The number of para-hydroxylation sites is 1. The van der Waals surface area contributed by atoms with Gasteiger partial charge in [-0.05, 0) is 36.6 Å². The standard InChI is InChI=1S/C21H26F2N4O/c22-18-6-2-1-5-14(18)9-15(24)11-21(28)27-13-16(25)10-17(27)12-26-20-8-4-3-7-19(20)23/h1-8,15-17,26H,9-13,24-25H2/t15-,16?,17?/m1/s1. The van der Waals surface area contributed by atoms with Crippen molar-refractivity contribution in [2.24, 2.45) is 11.5 Å². The second-order valence-corrected chi connectivity index (χ2v) is 7.32. The van der Waals surface area contributed by atoms with Crippen molar-refractivity contribution in [3.05, 3.63) is 65.7 Å². The van der Waals surface area contributed by atoms with Crippen LogP contribution in [0.15, 0.2) is 48.5 Å². The summed E-state index contributed by atoms with van der Waals surface area (Å²) in [5.41, 5.74) is 13.0. The number of rotatable bonds is 7. The van der Waals surface area contributed by atoms with Gasteiger partial charge in [0.2, 0.25) is 5.91 Å². The first-order valence-electron chi connectivity index (χ1n) is 9.46. The Kier molecular flexibility index (Phi) is 6.59. The van der Waals surface area contributed by atoms with Gasteiger partial charge in [0.05, 0.1) is 11.7 Å². The molecule has 1 fully saturated rings. The minimum absolute atomic E-state index is 0.108. The van der Waals surface area contributed by atoms with Gasteiger partial charge in [-0.3, -0.25) is 4.79 Å². The lowest BCUT2D eigenvalue weighted by Gasteiger charge is -2.26. The van der Waals surface area contributed by atoms with E-state index in [0.717, 1.165) is 0 Å². The Morgan fingerprint density at radius 1 is 1.14 bits per heavy atom. The SMILES string of the molecule is NC1CC(CNc2ccccc2F)N(C(=O)C[C@H](N)Cc2ccccc2F)C1. The number of benzene rings is 2. The Bertz CT molecular complexity index is 816. The molecule has 0 saturated carbocycles. The minimum Gasteiger partial charge on any atom is -0.381 e. The zero-order chi connectivity index (χ0) is 20.1. The molecule has 2 aromatic rings. The molecule has 2 unspecified atom stereocenters. The van der Waals surface area contributed by atoms with Gasteiger partial charge in [0, 0.05) is 31.6 Å². The third kappa shape index (κ3) is 5.05. The van der Waals surface area contributed by atoms with E-state index in [4.69, 9.17) is 11.5 Å². The van der Waals surface area contributed by atoms with Gasteiger partial charge in [-0.15, -0.1) is 0 Å². The van der Waals surface area contributed by atoms with Crippen LogP contribution in [0.1, 0.15) is 18.4 Å². The summed E-state index contributed by atoms with van der Waals surface area (Å²) in [4.78, 5) is 14.5. The molecule has 7 heteroatoms. The van der Waals surface area contributed by atoms with Crippen LogP contribution in [0.3, 0.4) is 0 Å². The van der Waals surface area contributed by atoms with Gasteiger partial charge < -0.3 is 21.7 Å². The van der Waals surface area contributed by atoms with Gasteiger partial charge >= 0.3 is 0 Å². The molecule has 3 rings (SSSR count). The number of nitrogens with one attached hydrogen (secondary N) is 1. The van der Waals surface area contributed by atoms with Crippen molar-refractivity contribution in [1.82, 2.24) is 4.90 Å². The van der Waals surface area contributed by atoms with Crippen LogP contribution in [-0.4, -0.2) is 42.0 Å². The normalized spacial score (nSPS) is 20.2. The van der Waals surface area contributed by atoms with Gasteiger partial charge in [0.15, 0.2) is 0 Å². The molecule has 5 N–H and O–H groups in total. The molecule has 1 saturated heterocycles. The van der Waals surface area contributed by atoms with Crippen molar-refractivity contribution in [2.45, 2.75) is 37.4 Å². The third-order valence-corrected chi connectivity index (χ3v) is 5.05. The molecule has 1 aliphatic heterocycles. The molecule has 0 bridgehead atoms. The number of carbonyl (C=O) groups is 1.